The maximum atomic E-state index is 11.3. The van der Waals surface area contributed by atoms with Gasteiger partial charge in [-0.3, -0.25) is 0 Å². The van der Waals surface area contributed by atoms with Crippen molar-refractivity contribution in [1.29, 1.82) is 0 Å². The van der Waals surface area contributed by atoms with Gasteiger partial charge in [0.05, 0.1) is 11.9 Å². The van der Waals surface area contributed by atoms with Crippen LogP contribution < -0.4 is 0 Å². The monoisotopic (exact) mass is 275 g/mol. The lowest BCUT2D eigenvalue weighted by Crippen LogP contribution is -2.48. The molecule has 2 rings (SSSR count). The minimum Gasteiger partial charge on any atom is -0.381 e. The van der Waals surface area contributed by atoms with Crippen LogP contribution in [-0.2, 0) is 14.6 Å². The normalized spacial score (nSPS) is 34.2. The van der Waals surface area contributed by atoms with E-state index in [2.05, 4.69) is 4.90 Å². The fourth-order valence-corrected chi connectivity index (χ4v) is 4.28. The third-order valence-corrected chi connectivity index (χ3v) is 5.50. The molecule has 1 heterocycles. The number of piperidine rings is 1. The summed E-state index contributed by atoms with van der Waals surface area (Å²) in [6, 6.07) is 0. The third-order valence-electron chi connectivity index (χ3n) is 4.57. The van der Waals surface area contributed by atoms with Crippen LogP contribution >= 0.6 is 0 Å². The van der Waals surface area contributed by atoms with Crippen LogP contribution in [0.2, 0.25) is 0 Å². The van der Waals surface area contributed by atoms with Gasteiger partial charge in [-0.25, -0.2) is 8.42 Å². The summed E-state index contributed by atoms with van der Waals surface area (Å²) in [4.78, 5) is 2.32. The van der Waals surface area contributed by atoms with Gasteiger partial charge in [0, 0.05) is 31.9 Å². The molecule has 2 atom stereocenters. The van der Waals surface area contributed by atoms with E-state index < -0.39 is 9.84 Å². The van der Waals surface area contributed by atoms with Crippen molar-refractivity contribution in [2.45, 2.75) is 38.2 Å². The Morgan fingerprint density at radius 1 is 1.33 bits per heavy atom. The minimum atomic E-state index is -2.85. The molecule has 0 N–H and O–H groups in total. The summed E-state index contributed by atoms with van der Waals surface area (Å²) in [5, 5.41) is 0. The number of sulfone groups is 1. The molecule has 0 radical (unpaired) electrons. The van der Waals surface area contributed by atoms with E-state index in [0.29, 0.717) is 18.1 Å². The van der Waals surface area contributed by atoms with Gasteiger partial charge in [-0.15, -0.1) is 0 Å². The molecule has 1 aliphatic heterocycles. The van der Waals surface area contributed by atoms with E-state index in [9.17, 15) is 8.42 Å². The molecule has 0 aromatic heterocycles. The zero-order chi connectivity index (χ0) is 13.2. The van der Waals surface area contributed by atoms with E-state index in [1.54, 1.807) is 0 Å². The van der Waals surface area contributed by atoms with Crippen molar-refractivity contribution >= 4 is 9.84 Å². The molecule has 0 unspecified atom stereocenters. The van der Waals surface area contributed by atoms with Gasteiger partial charge in [-0.1, -0.05) is 6.42 Å². The maximum Gasteiger partial charge on any atom is 0.148 e. The van der Waals surface area contributed by atoms with Crippen molar-refractivity contribution in [2.75, 3.05) is 38.8 Å². The molecule has 0 amide bonds. The van der Waals surface area contributed by atoms with E-state index in [0.717, 1.165) is 19.5 Å². The van der Waals surface area contributed by atoms with Gasteiger partial charge in [0.2, 0.25) is 0 Å². The second kappa shape index (κ2) is 5.47. The SMILES string of the molecule is CO[C@@H]1CCC[C@@]12CCCN(CCS(C)(=O)=O)C2. The molecular formula is C13H25NO3S. The Morgan fingerprint density at radius 2 is 2.06 bits per heavy atom. The highest BCUT2D eigenvalue weighted by molar-refractivity contribution is 7.90. The lowest BCUT2D eigenvalue weighted by atomic mass is 9.76. The van der Waals surface area contributed by atoms with Crippen molar-refractivity contribution < 1.29 is 13.2 Å². The molecule has 1 saturated carbocycles. The van der Waals surface area contributed by atoms with Gasteiger partial charge >= 0.3 is 0 Å². The standard InChI is InChI=1S/C13H25NO3S/c1-17-12-5-3-6-13(12)7-4-8-14(11-13)9-10-18(2,15)16/h12H,3-11H2,1-2H3/t12-,13+/m1/s1. The second-order valence-electron chi connectivity index (χ2n) is 5.99. The Kier molecular flexibility index (Phi) is 4.34. The number of ether oxygens (including phenoxy) is 1. The zero-order valence-corrected chi connectivity index (χ0v) is 12.3. The molecule has 0 aromatic rings. The number of likely N-dealkylation sites (tertiary alicyclic amines) is 1. The fourth-order valence-electron chi connectivity index (χ4n) is 3.69. The highest BCUT2D eigenvalue weighted by Crippen LogP contribution is 2.46. The van der Waals surface area contributed by atoms with Crippen molar-refractivity contribution in [1.82, 2.24) is 4.90 Å². The first-order valence-corrected chi connectivity index (χ1v) is 8.94. The molecule has 0 bridgehead atoms. The Balaban J connectivity index is 1.96. The first-order chi connectivity index (χ1) is 8.45. The van der Waals surface area contributed by atoms with E-state index in [-0.39, 0.29) is 5.75 Å². The fraction of sp³-hybridized carbons (Fsp3) is 1.00. The Labute approximate surface area is 111 Å². The average Bonchev–Trinajstić information content (AvgIpc) is 2.68. The molecular weight excluding hydrogens is 250 g/mol. The molecule has 2 aliphatic rings. The smallest absolute Gasteiger partial charge is 0.148 e. The molecule has 1 saturated heterocycles. The van der Waals surface area contributed by atoms with Gasteiger partial charge in [0.25, 0.3) is 0 Å². The summed E-state index contributed by atoms with van der Waals surface area (Å²) in [6.07, 6.45) is 7.75. The molecule has 5 heteroatoms. The predicted molar refractivity (Wildman–Crippen MR) is 72.5 cm³/mol. The van der Waals surface area contributed by atoms with Crippen LogP contribution in [0, 0.1) is 5.41 Å². The zero-order valence-electron chi connectivity index (χ0n) is 11.5. The van der Waals surface area contributed by atoms with Crippen LogP contribution in [0.15, 0.2) is 0 Å². The van der Waals surface area contributed by atoms with Crippen LogP contribution in [-0.4, -0.2) is 58.2 Å². The van der Waals surface area contributed by atoms with Crippen molar-refractivity contribution in [3.05, 3.63) is 0 Å². The van der Waals surface area contributed by atoms with Gasteiger partial charge in [0.15, 0.2) is 0 Å². The van der Waals surface area contributed by atoms with Crippen molar-refractivity contribution in [3.63, 3.8) is 0 Å². The van der Waals surface area contributed by atoms with Crippen LogP contribution in [0.3, 0.4) is 0 Å². The number of nitrogens with zero attached hydrogens (tertiary/aromatic N) is 1. The maximum absolute atomic E-state index is 11.3. The summed E-state index contributed by atoms with van der Waals surface area (Å²) < 4.78 is 28.2. The number of hydrogen-bond acceptors (Lipinski definition) is 4. The lowest BCUT2D eigenvalue weighted by molar-refractivity contribution is -0.0333. The Morgan fingerprint density at radius 3 is 2.72 bits per heavy atom. The highest BCUT2D eigenvalue weighted by Gasteiger charge is 2.45. The lowest BCUT2D eigenvalue weighted by Gasteiger charge is -2.43. The van der Waals surface area contributed by atoms with Crippen LogP contribution in [0.1, 0.15) is 32.1 Å². The van der Waals surface area contributed by atoms with Gasteiger partial charge < -0.3 is 9.64 Å². The summed E-state index contributed by atoms with van der Waals surface area (Å²) in [5.41, 5.74) is 0.296. The minimum absolute atomic E-state index is 0.279. The van der Waals surface area contributed by atoms with Crippen LogP contribution in [0.5, 0.6) is 0 Å². The highest BCUT2D eigenvalue weighted by atomic mass is 32.2. The summed E-state index contributed by atoms with van der Waals surface area (Å²) in [7, 11) is -1.04. The Hall–Kier alpha value is -0.130. The quantitative estimate of drug-likeness (QED) is 0.776. The predicted octanol–water partition coefficient (Wildman–Crippen LogP) is 1.31. The third kappa shape index (κ3) is 3.25. The first-order valence-electron chi connectivity index (χ1n) is 6.88. The number of methoxy groups -OCH3 is 1. The molecule has 4 nitrogen and oxygen atoms in total. The molecule has 2 fully saturated rings. The second-order valence-corrected chi connectivity index (χ2v) is 8.25. The first kappa shape index (κ1) is 14.3. The summed E-state index contributed by atoms with van der Waals surface area (Å²) in [6.45, 7) is 2.73. The molecule has 0 aromatic carbocycles. The van der Waals surface area contributed by atoms with Crippen molar-refractivity contribution in [2.24, 2.45) is 5.41 Å². The molecule has 1 spiro atoms. The van der Waals surface area contributed by atoms with Crippen LogP contribution in [0.4, 0.5) is 0 Å². The summed E-state index contributed by atoms with van der Waals surface area (Å²) >= 11 is 0. The van der Waals surface area contributed by atoms with Gasteiger partial charge in [-0.05, 0) is 32.2 Å². The largest absolute Gasteiger partial charge is 0.381 e. The van der Waals surface area contributed by atoms with Gasteiger partial charge in [-0.2, -0.15) is 0 Å². The van der Waals surface area contributed by atoms with Crippen LogP contribution in [0.25, 0.3) is 0 Å². The number of rotatable bonds is 4. The molecule has 1 aliphatic carbocycles. The number of hydrogen-bond donors (Lipinski definition) is 0. The summed E-state index contributed by atoms with van der Waals surface area (Å²) in [5.74, 6) is 0.279. The average molecular weight is 275 g/mol. The molecule has 18 heavy (non-hydrogen) atoms. The Bertz CT molecular complexity index is 382. The van der Waals surface area contributed by atoms with E-state index in [1.165, 1.54) is 31.9 Å². The van der Waals surface area contributed by atoms with Crippen molar-refractivity contribution in [3.8, 4) is 0 Å². The van der Waals surface area contributed by atoms with E-state index in [4.69, 9.17) is 4.74 Å². The van der Waals surface area contributed by atoms with E-state index >= 15 is 0 Å². The topological polar surface area (TPSA) is 46.6 Å². The molecule has 106 valence electrons. The van der Waals surface area contributed by atoms with E-state index in [1.807, 2.05) is 7.11 Å². The van der Waals surface area contributed by atoms with Gasteiger partial charge in [0.1, 0.15) is 9.84 Å².